The minimum Gasteiger partial charge on any atom is -0.380 e. The second-order valence-corrected chi connectivity index (χ2v) is 12.5. The van der Waals surface area contributed by atoms with Gasteiger partial charge in [0.1, 0.15) is 6.67 Å². The third-order valence-electron chi connectivity index (χ3n) is 8.87. The quantitative estimate of drug-likeness (QED) is 0.156. The molecule has 2 fully saturated rings. The summed E-state index contributed by atoms with van der Waals surface area (Å²) < 4.78 is 13.5. The fraction of sp³-hybridized carbons (Fsp3) is 0.417. The molecule has 8 nitrogen and oxygen atoms in total. The number of halogens is 1. The zero-order valence-electron chi connectivity index (χ0n) is 26.1. The number of rotatable bonds is 12. The van der Waals surface area contributed by atoms with Crippen LogP contribution in [0.1, 0.15) is 55.2 Å². The third kappa shape index (κ3) is 7.96. The first-order valence-electron chi connectivity index (χ1n) is 16.2. The van der Waals surface area contributed by atoms with Gasteiger partial charge in [-0.3, -0.25) is 9.59 Å². The highest BCUT2D eigenvalue weighted by molar-refractivity contribution is 6.09. The van der Waals surface area contributed by atoms with E-state index in [1.807, 2.05) is 55.5 Å². The van der Waals surface area contributed by atoms with Crippen molar-refractivity contribution in [3.05, 3.63) is 71.3 Å². The highest BCUT2D eigenvalue weighted by atomic mass is 19.1. The van der Waals surface area contributed by atoms with Gasteiger partial charge in [-0.1, -0.05) is 23.8 Å². The number of benzene rings is 3. The van der Waals surface area contributed by atoms with E-state index in [1.54, 1.807) is 0 Å². The fourth-order valence-corrected chi connectivity index (χ4v) is 6.59. The number of carbonyl (C=O) groups is 2. The monoisotopic (exact) mass is 610 g/mol. The summed E-state index contributed by atoms with van der Waals surface area (Å²) in [5.41, 5.74) is 6.42. The molecule has 4 aromatic rings. The van der Waals surface area contributed by atoms with E-state index in [1.165, 1.54) is 25.7 Å². The average Bonchev–Trinajstić information content (AvgIpc) is 3.76. The molecule has 0 saturated carbocycles. The van der Waals surface area contributed by atoms with Crippen molar-refractivity contribution in [1.82, 2.24) is 14.8 Å². The number of amides is 2. The van der Waals surface area contributed by atoms with Crippen LogP contribution < -0.4 is 16.0 Å². The molecule has 3 N–H and O–H groups in total. The lowest BCUT2D eigenvalue weighted by Crippen LogP contribution is -2.25. The molecular formula is C36H43FN6O2. The van der Waals surface area contributed by atoms with Crippen LogP contribution in [0, 0.1) is 6.92 Å². The number of aryl methyl sites for hydroxylation is 1. The topological polar surface area (TPSA) is 89.6 Å². The van der Waals surface area contributed by atoms with Crippen LogP contribution in [0.25, 0.3) is 21.8 Å². The smallest absolute Gasteiger partial charge is 0.225 e. The van der Waals surface area contributed by atoms with Crippen molar-refractivity contribution in [2.45, 2.75) is 58.7 Å². The molecule has 45 heavy (non-hydrogen) atoms. The highest BCUT2D eigenvalue weighted by Gasteiger charge is 2.16. The number of nitrogens with zero attached hydrogens (tertiary/aromatic N) is 3. The summed E-state index contributed by atoms with van der Waals surface area (Å²) in [6, 6.07) is 17.4. The van der Waals surface area contributed by atoms with E-state index in [4.69, 9.17) is 4.98 Å². The number of pyridine rings is 1. The number of anilines is 3. The largest absolute Gasteiger partial charge is 0.380 e. The molecule has 0 spiro atoms. The van der Waals surface area contributed by atoms with Gasteiger partial charge in [0.2, 0.25) is 11.8 Å². The summed E-state index contributed by atoms with van der Waals surface area (Å²) >= 11 is 0. The van der Waals surface area contributed by atoms with Gasteiger partial charge >= 0.3 is 0 Å². The summed E-state index contributed by atoms with van der Waals surface area (Å²) in [6.07, 6.45) is 5.71. The molecule has 0 atom stereocenters. The van der Waals surface area contributed by atoms with Gasteiger partial charge in [-0.25, -0.2) is 9.37 Å². The lowest BCUT2D eigenvalue weighted by atomic mass is 10.0. The van der Waals surface area contributed by atoms with Crippen molar-refractivity contribution >= 4 is 50.7 Å². The Morgan fingerprint density at radius 3 is 1.76 bits per heavy atom. The number of hydrogen-bond acceptors (Lipinski definition) is 6. The summed E-state index contributed by atoms with van der Waals surface area (Å²) in [7, 11) is 0. The molecule has 3 aromatic carbocycles. The number of carbonyl (C=O) groups excluding carboxylic acids is 2. The molecule has 0 unspecified atom stereocenters. The van der Waals surface area contributed by atoms with Gasteiger partial charge in [-0.05, 0) is 106 Å². The van der Waals surface area contributed by atoms with Crippen LogP contribution in [0.4, 0.5) is 21.5 Å². The molecule has 236 valence electrons. The Hall–Kier alpha value is -4.08. The fourth-order valence-electron chi connectivity index (χ4n) is 6.59. The highest BCUT2D eigenvalue weighted by Crippen LogP contribution is 2.34. The van der Waals surface area contributed by atoms with Crippen LogP contribution >= 0.6 is 0 Å². The first-order chi connectivity index (χ1) is 21.9. The maximum absolute atomic E-state index is 13.5. The number of likely N-dealkylation sites (tertiary alicyclic amines) is 2. The van der Waals surface area contributed by atoms with Crippen LogP contribution in [0.5, 0.6) is 0 Å². The number of nitrogens with one attached hydrogen (secondary N) is 3. The SMILES string of the molecule is Cc1cc(CF)cc(CNc2c3ccc(NC(=O)CCN4CCCC4)cc3nc3cc(NC(=O)CCN4CCCC4)ccc23)c1. The first-order valence-corrected chi connectivity index (χ1v) is 16.2. The van der Waals surface area contributed by atoms with Crippen LogP contribution in [-0.4, -0.2) is 65.9 Å². The van der Waals surface area contributed by atoms with E-state index in [2.05, 4.69) is 31.8 Å². The second-order valence-electron chi connectivity index (χ2n) is 12.5. The van der Waals surface area contributed by atoms with Crippen molar-refractivity contribution in [1.29, 1.82) is 0 Å². The van der Waals surface area contributed by atoms with Crippen molar-refractivity contribution in [2.24, 2.45) is 0 Å². The number of fused-ring (bicyclic) bond motifs is 2. The van der Waals surface area contributed by atoms with Gasteiger partial charge in [0, 0.05) is 54.6 Å². The molecule has 3 heterocycles. The van der Waals surface area contributed by atoms with Crippen LogP contribution in [0.15, 0.2) is 54.6 Å². The average molecular weight is 611 g/mol. The van der Waals surface area contributed by atoms with Gasteiger partial charge in [0.05, 0.1) is 16.7 Å². The zero-order chi connectivity index (χ0) is 31.2. The van der Waals surface area contributed by atoms with Gasteiger partial charge in [-0.2, -0.15) is 0 Å². The van der Waals surface area contributed by atoms with Gasteiger partial charge < -0.3 is 25.8 Å². The molecule has 2 saturated heterocycles. The van der Waals surface area contributed by atoms with E-state index in [0.717, 1.165) is 77.9 Å². The van der Waals surface area contributed by atoms with E-state index in [-0.39, 0.29) is 11.8 Å². The molecular weight excluding hydrogens is 567 g/mol. The minimum atomic E-state index is -0.505. The van der Waals surface area contributed by atoms with E-state index in [9.17, 15) is 14.0 Å². The summed E-state index contributed by atoms with van der Waals surface area (Å²) in [4.78, 5) is 35.2. The molecule has 1 aromatic heterocycles. The van der Waals surface area contributed by atoms with Crippen LogP contribution in [0.3, 0.4) is 0 Å². The summed E-state index contributed by atoms with van der Waals surface area (Å²) in [5.74, 6) is -0.0233. The van der Waals surface area contributed by atoms with Gasteiger partial charge in [0.15, 0.2) is 0 Å². The van der Waals surface area contributed by atoms with Gasteiger partial charge in [-0.15, -0.1) is 0 Å². The molecule has 0 aliphatic carbocycles. The molecule has 2 aliphatic rings. The predicted molar refractivity (Wildman–Crippen MR) is 180 cm³/mol. The van der Waals surface area contributed by atoms with Crippen LogP contribution in [-0.2, 0) is 22.8 Å². The third-order valence-corrected chi connectivity index (χ3v) is 8.87. The molecule has 6 rings (SSSR count). The normalized spacial score (nSPS) is 15.6. The Labute approximate surface area is 264 Å². The lowest BCUT2D eigenvalue weighted by Gasteiger charge is -2.17. The number of hydrogen-bond donors (Lipinski definition) is 3. The minimum absolute atomic E-state index is 0.0116. The number of alkyl halides is 1. The summed E-state index contributed by atoms with van der Waals surface area (Å²) in [5, 5.41) is 11.5. The molecule has 9 heteroatoms. The Morgan fingerprint density at radius 1 is 0.733 bits per heavy atom. The number of aromatic nitrogens is 1. The van der Waals surface area contributed by atoms with Gasteiger partial charge in [0.25, 0.3) is 0 Å². The van der Waals surface area contributed by atoms with Crippen molar-refractivity contribution in [3.63, 3.8) is 0 Å². The standard InChI is InChI=1S/C36H43FN6O2/c1-25-18-26(23-37)20-27(19-25)24-38-36-30-8-6-28(39-34(44)10-16-42-12-2-3-13-42)21-32(30)41-33-22-29(7-9-31(33)36)40-35(45)11-17-43-14-4-5-15-43/h6-9,18-22H,2-5,10-17,23-24H2,1H3,(H,38,41)(H,39,44)(H,40,45). The predicted octanol–water partition coefficient (Wildman–Crippen LogP) is 6.63. The van der Waals surface area contributed by atoms with Crippen molar-refractivity contribution in [3.8, 4) is 0 Å². The lowest BCUT2D eigenvalue weighted by molar-refractivity contribution is -0.117. The molecule has 2 aliphatic heterocycles. The van der Waals surface area contributed by atoms with Crippen molar-refractivity contribution < 1.29 is 14.0 Å². The molecule has 0 bridgehead atoms. The molecule has 2 amide bonds. The zero-order valence-corrected chi connectivity index (χ0v) is 26.1. The van der Waals surface area contributed by atoms with Crippen molar-refractivity contribution in [2.75, 3.05) is 55.2 Å². The second kappa shape index (κ2) is 14.3. The first kappa shape index (κ1) is 30.9. The van der Waals surface area contributed by atoms with E-state index < -0.39 is 6.67 Å². The Kier molecular flexibility index (Phi) is 9.86. The maximum atomic E-state index is 13.5. The Balaban J connectivity index is 1.26. The van der Waals surface area contributed by atoms with E-state index in [0.29, 0.717) is 36.3 Å². The van der Waals surface area contributed by atoms with Crippen LogP contribution in [0.2, 0.25) is 0 Å². The Morgan fingerprint density at radius 2 is 1.24 bits per heavy atom. The molecule has 0 radical (unpaired) electrons. The maximum Gasteiger partial charge on any atom is 0.225 e. The Bertz CT molecular complexity index is 1590. The summed E-state index contributed by atoms with van der Waals surface area (Å²) in [6.45, 7) is 7.77. The van der Waals surface area contributed by atoms with E-state index >= 15 is 0 Å².